The Morgan fingerprint density at radius 3 is 2.34 bits per heavy atom. The molecule has 9 nitrogen and oxygen atoms in total. The van der Waals surface area contributed by atoms with E-state index in [0.29, 0.717) is 5.78 Å². The van der Waals surface area contributed by atoms with E-state index in [1.54, 1.807) is 7.11 Å². The molecule has 29 heavy (non-hydrogen) atoms. The molecule has 2 aliphatic rings. The maximum atomic E-state index is 12.9. The number of ketones is 1. The lowest BCUT2D eigenvalue weighted by atomic mass is 9.62. The summed E-state index contributed by atoms with van der Waals surface area (Å²) < 4.78 is 5.31. The van der Waals surface area contributed by atoms with Gasteiger partial charge in [0.1, 0.15) is 5.75 Å². The molecule has 2 fully saturated rings. The van der Waals surface area contributed by atoms with Crippen molar-refractivity contribution in [3.05, 3.63) is 29.8 Å². The van der Waals surface area contributed by atoms with Gasteiger partial charge in [0.15, 0.2) is 18.0 Å². The highest BCUT2D eigenvalue weighted by Gasteiger charge is 2.50. The molecule has 0 amide bonds. The van der Waals surface area contributed by atoms with Gasteiger partial charge in [-0.05, 0) is 50.6 Å². The number of likely N-dealkylation sites (N-methyl/N-ethyl adjacent to an activating group) is 1. The Kier molecular flexibility index (Phi) is 7.34. The van der Waals surface area contributed by atoms with Crippen molar-refractivity contribution in [2.45, 2.75) is 49.3 Å². The van der Waals surface area contributed by atoms with Crippen molar-refractivity contribution in [3.63, 3.8) is 0 Å². The number of aliphatic hydroxyl groups excluding tert-OH is 2. The summed E-state index contributed by atoms with van der Waals surface area (Å²) >= 11 is 0. The Morgan fingerprint density at radius 1 is 1.17 bits per heavy atom. The lowest BCUT2D eigenvalue weighted by Gasteiger charge is -2.48. The van der Waals surface area contributed by atoms with Gasteiger partial charge in [0, 0.05) is 0 Å². The number of carbonyl (C=O) groups excluding carboxylic acids is 1. The van der Waals surface area contributed by atoms with Crippen molar-refractivity contribution in [2.24, 2.45) is 0 Å². The quantitative estimate of drug-likeness (QED) is 0.538. The highest BCUT2D eigenvalue weighted by molar-refractivity contribution is 5.96. The Morgan fingerprint density at radius 2 is 1.79 bits per heavy atom. The minimum atomic E-state index is -2.27. The zero-order valence-electron chi connectivity index (χ0n) is 16.4. The fraction of sp³-hybridized carbons (Fsp3) is 0.550. The highest BCUT2D eigenvalue weighted by atomic mass is 16.5. The summed E-state index contributed by atoms with van der Waals surface area (Å²) in [5, 5.41) is 32.5. The topological polar surface area (TPSA) is 145 Å². The maximum Gasteiger partial charge on any atom is 0.335 e. The number of carboxylic acids is 2. The van der Waals surface area contributed by atoms with Crippen LogP contribution in [-0.4, -0.2) is 82.0 Å². The van der Waals surface area contributed by atoms with Crippen LogP contribution in [0, 0.1) is 0 Å². The molecule has 2 bridgehead atoms. The first kappa shape index (κ1) is 22.8. The maximum absolute atomic E-state index is 12.9. The van der Waals surface area contributed by atoms with Crippen molar-refractivity contribution in [1.29, 1.82) is 0 Å². The summed E-state index contributed by atoms with van der Waals surface area (Å²) in [7, 11) is 3.75. The van der Waals surface area contributed by atoms with Crippen molar-refractivity contribution in [3.8, 4) is 5.75 Å². The van der Waals surface area contributed by atoms with Crippen LogP contribution in [-0.2, 0) is 19.8 Å². The average molecular weight is 409 g/mol. The first-order valence-electron chi connectivity index (χ1n) is 9.35. The van der Waals surface area contributed by atoms with Gasteiger partial charge in [-0.2, -0.15) is 0 Å². The number of piperidine rings is 1. The first-order chi connectivity index (χ1) is 13.6. The van der Waals surface area contributed by atoms with Crippen molar-refractivity contribution in [1.82, 2.24) is 4.90 Å². The molecular weight excluding hydrogens is 382 g/mol. The molecule has 0 spiro atoms. The number of fused-ring (bicyclic) bond motifs is 2. The SMILES string of the molecule is COc1cccc([C@]23CCC[C@H](C2=O)N(C)CC3)c1.O=C(O)[C@@H](O)[C@H](O)C(=O)O. The number of aliphatic carboxylic acids is 2. The number of ether oxygens (including phenoxy) is 1. The van der Waals surface area contributed by atoms with Gasteiger partial charge in [0.05, 0.1) is 18.6 Å². The number of hydrogen-bond acceptors (Lipinski definition) is 7. The number of Topliss-reactive ketones (excluding diaryl/α,β-unsaturated/α-hetero) is 1. The van der Waals surface area contributed by atoms with Crippen LogP contribution in [0.2, 0.25) is 0 Å². The number of nitrogens with zero attached hydrogens (tertiary/aromatic N) is 1. The summed E-state index contributed by atoms with van der Waals surface area (Å²) in [6, 6.07) is 8.20. The molecule has 1 aromatic rings. The fourth-order valence-electron chi connectivity index (χ4n) is 3.98. The van der Waals surface area contributed by atoms with Crippen LogP contribution in [0.4, 0.5) is 0 Å². The Balaban J connectivity index is 0.000000257. The molecule has 1 aromatic carbocycles. The zero-order valence-corrected chi connectivity index (χ0v) is 16.4. The lowest BCUT2D eigenvalue weighted by Crippen LogP contribution is -2.58. The molecule has 0 aromatic heterocycles. The summed E-state index contributed by atoms with van der Waals surface area (Å²) in [4.78, 5) is 34.6. The zero-order chi connectivity index (χ0) is 21.8. The van der Waals surface area contributed by atoms with Crippen LogP contribution in [0.5, 0.6) is 5.75 Å². The van der Waals surface area contributed by atoms with Crippen molar-refractivity contribution < 1.29 is 39.5 Å². The van der Waals surface area contributed by atoms with E-state index in [2.05, 4.69) is 18.0 Å². The number of benzene rings is 1. The second kappa shape index (κ2) is 9.34. The standard InChI is InChI=1S/C16H21NO2.C4H6O6/c1-17-10-9-16(8-4-7-14(17)15(16)18)12-5-3-6-13(11-12)19-2;5-1(3(7)8)2(6)4(9)10/h3,5-6,11,14H,4,7-10H2,1-2H3;1-2,5-6H,(H,7,8)(H,9,10)/t14-,16-;1-,2-/m10/s1. The molecule has 1 heterocycles. The fourth-order valence-corrected chi connectivity index (χ4v) is 3.98. The van der Waals surface area contributed by atoms with Gasteiger partial charge in [-0.3, -0.25) is 9.69 Å². The van der Waals surface area contributed by atoms with E-state index >= 15 is 0 Å². The molecule has 1 saturated heterocycles. The summed E-state index contributed by atoms with van der Waals surface area (Å²) in [6.45, 7) is 1.01. The van der Waals surface area contributed by atoms with Crippen LogP contribution in [0.1, 0.15) is 31.2 Å². The van der Waals surface area contributed by atoms with Crippen LogP contribution in [0.15, 0.2) is 24.3 Å². The number of rotatable bonds is 5. The number of carboxylic acid groups (broad SMARTS) is 2. The van der Waals surface area contributed by atoms with Gasteiger partial charge < -0.3 is 25.2 Å². The van der Waals surface area contributed by atoms with E-state index in [4.69, 9.17) is 25.2 Å². The van der Waals surface area contributed by atoms with Gasteiger partial charge >= 0.3 is 11.9 Å². The highest BCUT2D eigenvalue weighted by Crippen LogP contribution is 2.44. The largest absolute Gasteiger partial charge is 0.497 e. The monoisotopic (exact) mass is 409 g/mol. The Hall–Kier alpha value is -2.49. The van der Waals surface area contributed by atoms with Gasteiger partial charge in [-0.25, -0.2) is 9.59 Å². The second-order valence-electron chi connectivity index (χ2n) is 7.38. The van der Waals surface area contributed by atoms with Crippen LogP contribution in [0.25, 0.3) is 0 Å². The number of hydrogen-bond donors (Lipinski definition) is 4. The van der Waals surface area contributed by atoms with Crippen LogP contribution >= 0.6 is 0 Å². The molecule has 1 aliphatic carbocycles. The van der Waals surface area contributed by atoms with E-state index in [1.165, 1.54) is 0 Å². The molecule has 9 heteroatoms. The summed E-state index contributed by atoms with van der Waals surface area (Å²) in [5.74, 6) is -2.27. The molecule has 4 N–H and O–H groups in total. The van der Waals surface area contributed by atoms with Crippen LogP contribution < -0.4 is 4.74 Å². The van der Waals surface area contributed by atoms with E-state index in [-0.39, 0.29) is 11.5 Å². The van der Waals surface area contributed by atoms with E-state index in [0.717, 1.165) is 43.5 Å². The van der Waals surface area contributed by atoms with Crippen molar-refractivity contribution in [2.75, 3.05) is 20.7 Å². The van der Waals surface area contributed by atoms with E-state index in [9.17, 15) is 14.4 Å². The minimum Gasteiger partial charge on any atom is -0.497 e. The molecular formula is C20H27NO8. The second-order valence-corrected chi connectivity index (χ2v) is 7.38. The van der Waals surface area contributed by atoms with E-state index < -0.39 is 24.1 Å². The van der Waals surface area contributed by atoms with Gasteiger partial charge in [0.25, 0.3) is 0 Å². The first-order valence-corrected chi connectivity index (χ1v) is 9.35. The number of carbonyl (C=O) groups is 3. The third-order valence-electron chi connectivity index (χ3n) is 5.71. The van der Waals surface area contributed by atoms with Crippen LogP contribution in [0.3, 0.4) is 0 Å². The predicted octanol–water partition coefficient (Wildman–Crippen LogP) is 0.268. The summed E-state index contributed by atoms with van der Waals surface area (Å²) in [6.07, 6.45) is -0.455. The smallest absolute Gasteiger partial charge is 0.335 e. The molecule has 4 atom stereocenters. The third kappa shape index (κ3) is 4.75. The van der Waals surface area contributed by atoms with Crippen molar-refractivity contribution >= 4 is 17.7 Å². The Labute approximate surface area is 168 Å². The minimum absolute atomic E-state index is 0.119. The Bertz CT molecular complexity index is 749. The van der Waals surface area contributed by atoms with Gasteiger partial charge in [0.2, 0.25) is 0 Å². The number of aliphatic hydroxyl groups is 2. The molecule has 0 unspecified atom stereocenters. The molecule has 1 saturated carbocycles. The molecule has 1 aliphatic heterocycles. The molecule has 160 valence electrons. The normalized spacial score (nSPS) is 25.9. The molecule has 3 rings (SSSR count). The summed E-state index contributed by atoms with van der Waals surface area (Å²) in [5.41, 5.74) is 0.888. The molecule has 0 radical (unpaired) electrons. The van der Waals surface area contributed by atoms with Gasteiger partial charge in [-0.1, -0.05) is 18.6 Å². The lowest BCUT2D eigenvalue weighted by molar-refractivity contribution is -0.165. The predicted molar refractivity (Wildman–Crippen MR) is 102 cm³/mol. The third-order valence-corrected chi connectivity index (χ3v) is 5.71. The number of methoxy groups -OCH3 is 1. The van der Waals surface area contributed by atoms with Gasteiger partial charge in [-0.15, -0.1) is 0 Å². The average Bonchev–Trinajstić information content (AvgIpc) is 2.70. The van der Waals surface area contributed by atoms with E-state index in [1.807, 2.05) is 18.2 Å². The number of likely N-dealkylation sites (tertiary alicyclic amines) is 1.